The molecule has 0 spiro atoms. The molecule has 1 aromatic carbocycles. The molecule has 1 saturated heterocycles. The number of benzene rings is 1. The van der Waals surface area contributed by atoms with Crippen molar-refractivity contribution >= 4 is 46.6 Å². The normalized spacial score (nSPS) is 17.6. The third-order valence-corrected chi connectivity index (χ3v) is 4.19. The highest BCUT2D eigenvalue weighted by molar-refractivity contribution is 14.1. The molecule has 1 aromatic rings. The van der Waals surface area contributed by atoms with Crippen LogP contribution in [0.5, 0.6) is 0 Å². The van der Waals surface area contributed by atoms with Crippen molar-refractivity contribution in [3.05, 3.63) is 27.8 Å². The minimum absolute atomic E-state index is 0. The van der Waals surface area contributed by atoms with Crippen LogP contribution in [0.1, 0.15) is 19.8 Å². The van der Waals surface area contributed by atoms with E-state index in [1.807, 2.05) is 24.3 Å². The summed E-state index contributed by atoms with van der Waals surface area (Å²) in [5.74, 6) is 0.0763. The van der Waals surface area contributed by atoms with E-state index >= 15 is 0 Å². The molecule has 1 atom stereocenters. The Balaban J connectivity index is 0.00000220. The van der Waals surface area contributed by atoms with E-state index < -0.39 is 0 Å². The number of nitrogens with zero attached hydrogens (tertiary/aromatic N) is 1. The van der Waals surface area contributed by atoms with E-state index in [2.05, 4.69) is 45.0 Å². The lowest BCUT2D eigenvalue weighted by Crippen LogP contribution is -2.42. The summed E-state index contributed by atoms with van der Waals surface area (Å²) in [6.07, 6.45) is 2.21. The van der Waals surface area contributed by atoms with Crippen molar-refractivity contribution in [1.82, 2.24) is 10.2 Å². The summed E-state index contributed by atoms with van der Waals surface area (Å²) in [6.45, 7) is 5.67. The Bertz CT molecular complexity index is 452. The first-order valence-electron chi connectivity index (χ1n) is 7.19. The Morgan fingerprint density at radius 2 is 2.33 bits per heavy atom. The molecule has 1 heterocycles. The van der Waals surface area contributed by atoms with Crippen LogP contribution in [0.25, 0.3) is 0 Å². The van der Waals surface area contributed by atoms with Crippen molar-refractivity contribution in [2.24, 2.45) is 0 Å². The lowest BCUT2D eigenvalue weighted by molar-refractivity contribution is -0.117. The lowest BCUT2D eigenvalue weighted by Gasteiger charge is -2.27. The van der Waals surface area contributed by atoms with Gasteiger partial charge in [0.2, 0.25) is 5.91 Å². The second-order valence-electron chi connectivity index (χ2n) is 5.18. The van der Waals surface area contributed by atoms with Crippen molar-refractivity contribution in [2.45, 2.75) is 25.8 Å². The van der Waals surface area contributed by atoms with Crippen LogP contribution in [0.3, 0.4) is 0 Å². The van der Waals surface area contributed by atoms with Gasteiger partial charge in [0.15, 0.2) is 0 Å². The molecular weight excluding hydrogens is 401 g/mol. The fraction of sp³-hybridized carbons (Fsp3) is 0.533. The molecule has 118 valence electrons. The van der Waals surface area contributed by atoms with Gasteiger partial charge >= 0.3 is 0 Å². The van der Waals surface area contributed by atoms with Gasteiger partial charge in [0.25, 0.3) is 0 Å². The summed E-state index contributed by atoms with van der Waals surface area (Å²) < 4.78 is 1.13. The molecule has 0 saturated carbocycles. The summed E-state index contributed by atoms with van der Waals surface area (Å²) in [6, 6.07) is 8.39. The largest absolute Gasteiger partial charge is 0.325 e. The molecule has 21 heavy (non-hydrogen) atoms. The zero-order chi connectivity index (χ0) is 14.4. The Morgan fingerprint density at radius 1 is 1.52 bits per heavy atom. The van der Waals surface area contributed by atoms with Gasteiger partial charge in [-0.1, -0.05) is 13.0 Å². The van der Waals surface area contributed by atoms with Crippen molar-refractivity contribution in [1.29, 1.82) is 0 Å². The monoisotopic (exact) mass is 423 g/mol. The van der Waals surface area contributed by atoms with E-state index in [1.54, 1.807) is 0 Å². The van der Waals surface area contributed by atoms with E-state index in [1.165, 1.54) is 0 Å². The molecule has 0 aromatic heterocycles. The van der Waals surface area contributed by atoms with E-state index in [4.69, 9.17) is 0 Å². The average molecular weight is 424 g/mol. The Morgan fingerprint density at radius 3 is 2.95 bits per heavy atom. The smallest absolute Gasteiger partial charge is 0.238 e. The predicted molar refractivity (Wildman–Crippen MR) is 98.2 cm³/mol. The number of rotatable bonds is 6. The zero-order valence-electron chi connectivity index (χ0n) is 12.3. The zero-order valence-corrected chi connectivity index (χ0v) is 15.2. The molecule has 2 N–H and O–H groups in total. The summed E-state index contributed by atoms with van der Waals surface area (Å²) in [5.41, 5.74) is 0.878. The summed E-state index contributed by atoms with van der Waals surface area (Å²) in [4.78, 5) is 14.5. The van der Waals surface area contributed by atoms with Crippen LogP contribution < -0.4 is 10.6 Å². The SMILES string of the molecule is CCCN(CC(=O)Nc1cccc(I)c1)C1CCNC1.Cl. The molecule has 1 aliphatic heterocycles. The minimum atomic E-state index is 0. The summed E-state index contributed by atoms with van der Waals surface area (Å²) in [7, 11) is 0. The van der Waals surface area contributed by atoms with Gasteiger partial charge in [-0.05, 0) is 66.7 Å². The average Bonchev–Trinajstić information content (AvgIpc) is 2.92. The molecule has 6 heteroatoms. The van der Waals surface area contributed by atoms with Crippen molar-refractivity contribution in [3.8, 4) is 0 Å². The van der Waals surface area contributed by atoms with Crippen LogP contribution in [0.15, 0.2) is 24.3 Å². The highest BCUT2D eigenvalue weighted by Crippen LogP contribution is 2.13. The van der Waals surface area contributed by atoms with Gasteiger partial charge in [-0.2, -0.15) is 0 Å². The van der Waals surface area contributed by atoms with Gasteiger partial charge in [0.1, 0.15) is 0 Å². The number of nitrogens with one attached hydrogen (secondary N) is 2. The third kappa shape index (κ3) is 6.10. The van der Waals surface area contributed by atoms with Gasteiger partial charge in [-0.25, -0.2) is 0 Å². The van der Waals surface area contributed by atoms with E-state index in [-0.39, 0.29) is 18.3 Å². The second kappa shape index (κ2) is 9.61. The van der Waals surface area contributed by atoms with E-state index in [0.717, 1.165) is 41.7 Å². The maximum Gasteiger partial charge on any atom is 0.238 e. The number of hydrogen-bond acceptors (Lipinski definition) is 3. The molecule has 1 unspecified atom stereocenters. The van der Waals surface area contributed by atoms with Crippen LogP contribution >= 0.6 is 35.0 Å². The first kappa shape index (κ1) is 18.7. The van der Waals surface area contributed by atoms with Gasteiger partial charge in [0.05, 0.1) is 6.54 Å². The minimum Gasteiger partial charge on any atom is -0.325 e. The van der Waals surface area contributed by atoms with Gasteiger partial charge in [-0.3, -0.25) is 9.69 Å². The Kier molecular flexibility index (Phi) is 8.55. The summed E-state index contributed by atoms with van der Waals surface area (Å²) in [5, 5.41) is 6.36. The molecule has 0 aliphatic carbocycles. The molecule has 1 aliphatic rings. The highest BCUT2D eigenvalue weighted by Gasteiger charge is 2.23. The maximum absolute atomic E-state index is 12.2. The van der Waals surface area contributed by atoms with Crippen molar-refractivity contribution in [2.75, 3.05) is 31.5 Å². The van der Waals surface area contributed by atoms with Crippen LogP contribution in [0.2, 0.25) is 0 Å². The first-order valence-corrected chi connectivity index (χ1v) is 8.27. The Hall–Kier alpha value is -0.370. The van der Waals surface area contributed by atoms with Gasteiger partial charge in [0, 0.05) is 21.8 Å². The van der Waals surface area contributed by atoms with E-state index in [0.29, 0.717) is 12.6 Å². The number of amides is 1. The number of carbonyl (C=O) groups is 1. The molecule has 1 fully saturated rings. The fourth-order valence-corrected chi connectivity index (χ4v) is 3.12. The highest BCUT2D eigenvalue weighted by atomic mass is 127. The second-order valence-corrected chi connectivity index (χ2v) is 6.42. The number of halogens is 2. The third-order valence-electron chi connectivity index (χ3n) is 3.52. The number of hydrogen-bond donors (Lipinski definition) is 2. The molecule has 4 nitrogen and oxygen atoms in total. The molecular formula is C15H23ClIN3O. The number of carbonyl (C=O) groups excluding carboxylic acids is 1. The molecule has 0 radical (unpaired) electrons. The topological polar surface area (TPSA) is 44.4 Å². The van der Waals surface area contributed by atoms with Gasteiger partial charge in [-0.15, -0.1) is 12.4 Å². The standard InChI is InChI=1S/C15H22IN3O.ClH/c1-2-8-19(14-6-7-17-10-14)11-15(20)18-13-5-3-4-12(16)9-13;/h3-5,9,14,17H,2,6-8,10-11H2,1H3,(H,18,20);1H. The quantitative estimate of drug-likeness (QED) is 0.692. The lowest BCUT2D eigenvalue weighted by atomic mass is 10.2. The van der Waals surface area contributed by atoms with Crippen molar-refractivity contribution < 1.29 is 4.79 Å². The van der Waals surface area contributed by atoms with Gasteiger partial charge < -0.3 is 10.6 Å². The molecule has 0 bridgehead atoms. The van der Waals surface area contributed by atoms with E-state index in [9.17, 15) is 4.79 Å². The maximum atomic E-state index is 12.2. The van der Waals surface area contributed by atoms with Crippen molar-refractivity contribution in [3.63, 3.8) is 0 Å². The first-order chi connectivity index (χ1) is 9.69. The number of anilines is 1. The summed E-state index contributed by atoms with van der Waals surface area (Å²) >= 11 is 2.25. The molecule has 1 amide bonds. The van der Waals surface area contributed by atoms with Crippen LogP contribution in [-0.4, -0.2) is 43.0 Å². The Labute approximate surface area is 146 Å². The molecule has 2 rings (SSSR count). The fourth-order valence-electron chi connectivity index (χ4n) is 2.58. The van der Waals surface area contributed by atoms with Crippen LogP contribution in [-0.2, 0) is 4.79 Å². The predicted octanol–water partition coefficient (Wildman–Crippen LogP) is 2.73. The van der Waals surface area contributed by atoms with Crippen LogP contribution in [0.4, 0.5) is 5.69 Å². The van der Waals surface area contributed by atoms with Crippen LogP contribution in [0, 0.1) is 3.57 Å².